The minimum atomic E-state index is -0.220. The molecule has 6 nitrogen and oxygen atoms in total. The Kier molecular flexibility index (Phi) is 6.66. The quantitative estimate of drug-likeness (QED) is 0.797. The summed E-state index contributed by atoms with van der Waals surface area (Å²) in [7, 11) is 3.17. The van der Waals surface area contributed by atoms with Crippen molar-refractivity contribution >= 4 is 5.91 Å². The van der Waals surface area contributed by atoms with Crippen LogP contribution in [0.15, 0.2) is 42.5 Å². The fourth-order valence-corrected chi connectivity index (χ4v) is 2.24. The van der Waals surface area contributed by atoms with Crippen LogP contribution in [0.2, 0.25) is 0 Å². The number of nitrogens with one attached hydrogen (secondary N) is 1. The largest absolute Gasteiger partial charge is 0.493 e. The second kappa shape index (κ2) is 9.18. The highest BCUT2D eigenvalue weighted by Crippen LogP contribution is 2.27. The Bertz CT molecular complexity index is 768. The molecule has 2 rings (SSSR count). The first kappa shape index (κ1) is 18.1. The molecule has 25 heavy (non-hydrogen) atoms. The molecule has 0 saturated carbocycles. The van der Waals surface area contributed by atoms with Gasteiger partial charge in [-0.2, -0.15) is 5.26 Å². The van der Waals surface area contributed by atoms with E-state index in [2.05, 4.69) is 5.32 Å². The van der Waals surface area contributed by atoms with Gasteiger partial charge in [0.25, 0.3) is 5.91 Å². The molecule has 0 atom stereocenters. The van der Waals surface area contributed by atoms with Crippen LogP contribution in [0.3, 0.4) is 0 Å². The zero-order valence-corrected chi connectivity index (χ0v) is 14.2. The zero-order valence-electron chi connectivity index (χ0n) is 14.2. The Balaban J connectivity index is 1.77. The average Bonchev–Trinajstić information content (AvgIpc) is 2.66. The highest BCUT2D eigenvalue weighted by Gasteiger charge is 2.06. The van der Waals surface area contributed by atoms with Crippen molar-refractivity contribution in [1.29, 1.82) is 5.26 Å². The van der Waals surface area contributed by atoms with E-state index in [0.29, 0.717) is 35.8 Å². The summed E-state index contributed by atoms with van der Waals surface area (Å²) in [6.07, 6.45) is 0.663. The number of rotatable bonds is 8. The van der Waals surface area contributed by atoms with E-state index in [-0.39, 0.29) is 12.5 Å². The first-order valence-corrected chi connectivity index (χ1v) is 7.77. The van der Waals surface area contributed by atoms with Crippen LogP contribution in [0, 0.1) is 11.3 Å². The molecule has 0 saturated heterocycles. The van der Waals surface area contributed by atoms with Crippen molar-refractivity contribution in [3.05, 3.63) is 53.6 Å². The average molecular weight is 340 g/mol. The number of benzene rings is 2. The normalized spacial score (nSPS) is 9.80. The summed E-state index contributed by atoms with van der Waals surface area (Å²) in [5.41, 5.74) is 1.52. The number of hydrogen-bond donors (Lipinski definition) is 1. The van der Waals surface area contributed by atoms with E-state index in [1.54, 1.807) is 38.5 Å². The fourth-order valence-electron chi connectivity index (χ4n) is 2.24. The zero-order chi connectivity index (χ0) is 18.1. The van der Waals surface area contributed by atoms with Crippen molar-refractivity contribution in [3.8, 4) is 23.3 Å². The molecule has 0 heterocycles. The van der Waals surface area contributed by atoms with Gasteiger partial charge in [-0.1, -0.05) is 12.1 Å². The molecule has 1 N–H and O–H groups in total. The van der Waals surface area contributed by atoms with Gasteiger partial charge in [-0.05, 0) is 42.3 Å². The van der Waals surface area contributed by atoms with Crippen molar-refractivity contribution in [3.63, 3.8) is 0 Å². The van der Waals surface area contributed by atoms with Crippen LogP contribution in [-0.2, 0) is 11.2 Å². The summed E-state index contributed by atoms with van der Waals surface area (Å²) in [4.78, 5) is 11.8. The second-order valence-corrected chi connectivity index (χ2v) is 5.22. The summed E-state index contributed by atoms with van der Waals surface area (Å²) < 4.78 is 15.8. The van der Waals surface area contributed by atoms with E-state index in [0.717, 1.165) is 5.56 Å². The number of nitriles is 1. The number of hydrogen-bond acceptors (Lipinski definition) is 5. The smallest absolute Gasteiger partial charge is 0.257 e. The van der Waals surface area contributed by atoms with Crippen LogP contribution in [0.5, 0.6) is 17.2 Å². The van der Waals surface area contributed by atoms with Gasteiger partial charge in [-0.25, -0.2) is 0 Å². The summed E-state index contributed by atoms with van der Waals surface area (Å²) in [5.74, 6) is 1.60. The Morgan fingerprint density at radius 3 is 2.64 bits per heavy atom. The SMILES string of the molecule is COc1ccc(CCNC(=O)COc2cccc(C#N)c2)cc1OC. The standard InChI is InChI=1S/C19H20N2O4/c1-23-17-7-6-14(11-18(17)24-2)8-9-21-19(22)13-25-16-5-3-4-15(10-16)12-20/h3-7,10-11H,8-9,13H2,1-2H3,(H,21,22). The third-order valence-corrected chi connectivity index (χ3v) is 3.52. The van der Waals surface area contributed by atoms with E-state index in [9.17, 15) is 4.79 Å². The molecule has 0 unspecified atom stereocenters. The number of carbonyl (C=O) groups excluding carboxylic acids is 1. The molecule has 0 aliphatic heterocycles. The Morgan fingerprint density at radius 2 is 1.92 bits per heavy atom. The lowest BCUT2D eigenvalue weighted by atomic mass is 10.1. The van der Waals surface area contributed by atoms with E-state index in [1.807, 2.05) is 24.3 Å². The second-order valence-electron chi connectivity index (χ2n) is 5.22. The van der Waals surface area contributed by atoms with Gasteiger partial charge < -0.3 is 19.5 Å². The number of nitrogens with zero attached hydrogens (tertiary/aromatic N) is 1. The predicted octanol–water partition coefficient (Wildman–Crippen LogP) is 2.31. The minimum Gasteiger partial charge on any atom is -0.493 e. The molecule has 130 valence electrons. The van der Waals surface area contributed by atoms with Crippen LogP contribution in [0.4, 0.5) is 0 Å². The maximum Gasteiger partial charge on any atom is 0.257 e. The summed E-state index contributed by atoms with van der Waals surface area (Å²) in [5, 5.41) is 11.6. The molecule has 1 amide bonds. The molecule has 0 radical (unpaired) electrons. The molecule has 2 aromatic carbocycles. The first-order chi connectivity index (χ1) is 12.2. The first-order valence-electron chi connectivity index (χ1n) is 7.77. The van der Waals surface area contributed by atoms with Crippen LogP contribution in [-0.4, -0.2) is 33.3 Å². The van der Waals surface area contributed by atoms with Crippen molar-refractivity contribution in [2.75, 3.05) is 27.4 Å². The third kappa shape index (κ3) is 5.43. The van der Waals surface area contributed by atoms with Crippen LogP contribution in [0.25, 0.3) is 0 Å². The maximum atomic E-state index is 11.8. The van der Waals surface area contributed by atoms with Gasteiger partial charge in [0.1, 0.15) is 5.75 Å². The number of ether oxygens (including phenoxy) is 3. The van der Waals surface area contributed by atoms with Crippen LogP contribution < -0.4 is 19.5 Å². The Labute approximate surface area is 146 Å². The minimum absolute atomic E-state index is 0.0964. The highest BCUT2D eigenvalue weighted by molar-refractivity contribution is 5.77. The fraction of sp³-hybridized carbons (Fsp3) is 0.263. The summed E-state index contributed by atoms with van der Waals surface area (Å²) in [6.45, 7) is 0.386. The van der Waals surface area contributed by atoms with Gasteiger partial charge in [0, 0.05) is 6.54 Å². The van der Waals surface area contributed by atoms with Gasteiger partial charge >= 0.3 is 0 Å². The van der Waals surface area contributed by atoms with Gasteiger partial charge in [-0.15, -0.1) is 0 Å². The Hall–Kier alpha value is -3.20. The third-order valence-electron chi connectivity index (χ3n) is 3.52. The van der Waals surface area contributed by atoms with E-state index in [1.165, 1.54) is 0 Å². The van der Waals surface area contributed by atoms with Gasteiger partial charge in [-0.3, -0.25) is 4.79 Å². The van der Waals surface area contributed by atoms with Gasteiger partial charge in [0.2, 0.25) is 0 Å². The van der Waals surface area contributed by atoms with E-state index < -0.39 is 0 Å². The van der Waals surface area contributed by atoms with Gasteiger partial charge in [0.05, 0.1) is 25.9 Å². The molecule has 0 aromatic heterocycles. The lowest BCUT2D eigenvalue weighted by Gasteiger charge is -2.10. The molecular weight excluding hydrogens is 320 g/mol. The predicted molar refractivity (Wildman–Crippen MR) is 92.9 cm³/mol. The molecule has 0 bridgehead atoms. The van der Waals surface area contributed by atoms with Crippen LogP contribution in [0.1, 0.15) is 11.1 Å². The van der Waals surface area contributed by atoms with E-state index >= 15 is 0 Å². The number of methoxy groups -OCH3 is 2. The van der Waals surface area contributed by atoms with Crippen LogP contribution >= 0.6 is 0 Å². The molecule has 2 aromatic rings. The maximum absolute atomic E-state index is 11.8. The van der Waals surface area contributed by atoms with Gasteiger partial charge in [0.15, 0.2) is 18.1 Å². The topological polar surface area (TPSA) is 80.6 Å². The molecule has 6 heteroatoms. The lowest BCUT2D eigenvalue weighted by Crippen LogP contribution is -2.30. The van der Waals surface area contributed by atoms with Crippen molar-refractivity contribution in [1.82, 2.24) is 5.32 Å². The number of carbonyl (C=O) groups is 1. The van der Waals surface area contributed by atoms with Crippen molar-refractivity contribution in [2.45, 2.75) is 6.42 Å². The van der Waals surface area contributed by atoms with Crippen molar-refractivity contribution < 1.29 is 19.0 Å². The molecule has 0 aliphatic rings. The summed E-state index contributed by atoms with van der Waals surface area (Å²) >= 11 is 0. The molecule has 0 fully saturated rings. The molecule has 0 aliphatic carbocycles. The molecular formula is C19H20N2O4. The molecule has 0 spiro atoms. The summed E-state index contributed by atoms with van der Waals surface area (Å²) in [6, 6.07) is 14.4. The highest BCUT2D eigenvalue weighted by atomic mass is 16.5. The monoisotopic (exact) mass is 340 g/mol. The van der Waals surface area contributed by atoms with Crippen molar-refractivity contribution in [2.24, 2.45) is 0 Å². The van der Waals surface area contributed by atoms with E-state index in [4.69, 9.17) is 19.5 Å². The lowest BCUT2D eigenvalue weighted by molar-refractivity contribution is -0.123. The number of amides is 1. The Morgan fingerprint density at radius 1 is 1.12 bits per heavy atom.